The maximum Gasteiger partial charge on any atom is 0.141 e. The van der Waals surface area contributed by atoms with Gasteiger partial charge in [-0.05, 0) is 0 Å². The van der Waals surface area contributed by atoms with Gasteiger partial charge in [-0.25, -0.2) is 9.97 Å². The molecule has 0 spiro atoms. The number of nitrogens with zero attached hydrogens (tertiary/aromatic N) is 3. The highest BCUT2D eigenvalue weighted by Crippen LogP contribution is 2.11. The monoisotopic (exact) mass is 182 g/mol. The number of hydrogen-bond acceptors (Lipinski definition) is 4. The van der Waals surface area contributed by atoms with E-state index in [2.05, 4.69) is 9.97 Å². The van der Waals surface area contributed by atoms with Crippen LogP contribution in [0.2, 0.25) is 0 Å². The van der Waals surface area contributed by atoms with Crippen molar-refractivity contribution >= 4 is 23.0 Å². The van der Waals surface area contributed by atoms with E-state index in [1.165, 1.54) is 6.33 Å². The van der Waals surface area contributed by atoms with Crippen LogP contribution in [0.15, 0.2) is 12.5 Å². The molecule has 0 bridgehead atoms. The largest absolute Gasteiger partial charge is 0.389 e. The maximum atomic E-state index is 5.48. The standard InChI is InChI=1S/C7H10N4S/c1-11(2)7-5(6(8)12)3-9-4-10-7/h3-4H,1-2H3,(H2,8,12). The molecule has 0 radical (unpaired) electrons. The minimum Gasteiger partial charge on any atom is -0.389 e. The first kappa shape index (κ1) is 8.86. The molecule has 1 rings (SSSR count). The van der Waals surface area contributed by atoms with Crippen LogP contribution >= 0.6 is 12.2 Å². The highest BCUT2D eigenvalue weighted by atomic mass is 32.1. The van der Waals surface area contributed by atoms with E-state index in [1.54, 1.807) is 6.20 Å². The average Bonchev–Trinajstić information content (AvgIpc) is 2.04. The fourth-order valence-electron chi connectivity index (χ4n) is 0.853. The third-order valence-electron chi connectivity index (χ3n) is 1.38. The quantitative estimate of drug-likeness (QED) is 0.661. The van der Waals surface area contributed by atoms with Gasteiger partial charge in [0, 0.05) is 20.3 Å². The Hall–Kier alpha value is -1.23. The molecule has 64 valence electrons. The second-order valence-corrected chi connectivity index (χ2v) is 2.96. The molecular formula is C7H10N4S. The van der Waals surface area contributed by atoms with Gasteiger partial charge < -0.3 is 10.6 Å². The molecule has 1 aromatic rings. The van der Waals surface area contributed by atoms with Gasteiger partial charge in [-0.2, -0.15) is 0 Å². The van der Waals surface area contributed by atoms with Crippen LogP contribution in [-0.4, -0.2) is 29.1 Å². The minimum absolute atomic E-state index is 0.319. The molecule has 0 aliphatic rings. The van der Waals surface area contributed by atoms with Crippen LogP contribution in [0.3, 0.4) is 0 Å². The Balaban J connectivity index is 3.17. The first-order valence-electron chi connectivity index (χ1n) is 3.40. The second kappa shape index (κ2) is 3.44. The molecule has 1 aromatic heterocycles. The third kappa shape index (κ3) is 1.68. The molecule has 0 aliphatic carbocycles. The van der Waals surface area contributed by atoms with E-state index < -0.39 is 0 Å². The van der Waals surface area contributed by atoms with Crippen molar-refractivity contribution in [1.82, 2.24) is 9.97 Å². The first-order valence-corrected chi connectivity index (χ1v) is 3.81. The Kier molecular flexibility index (Phi) is 2.54. The van der Waals surface area contributed by atoms with Gasteiger partial charge in [-0.15, -0.1) is 0 Å². The van der Waals surface area contributed by atoms with Gasteiger partial charge in [-0.1, -0.05) is 12.2 Å². The van der Waals surface area contributed by atoms with Crippen molar-refractivity contribution in [2.24, 2.45) is 5.73 Å². The Labute approximate surface area is 76.4 Å². The van der Waals surface area contributed by atoms with Crippen LogP contribution in [0.1, 0.15) is 5.56 Å². The molecule has 1 heterocycles. The molecule has 0 aliphatic heterocycles. The van der Waals surface area contributed by atoms with E-state index in [0.717, 1.165) is 5.82 Å². The second-order valence-electron chi connectivity index (χ2n) is 2.52. The zero-order valence-corrected chi connectivity index (χ0v) is 7.80. The van der Waals surface area contributed by atoms with Crippen molar-refractivity contribution in [2.75, 3.05) is 19.0 Å². The normalized spacial score (nSPS) is 9.50. The highest BCUT2D eigenvalue weighted by Gasteiger charge is 2.07. The van der Waals surface area contributed by atoms with Gasteiger partial charge >= 0.3 is 0 Å². The average molecular weight is 182 g/mol. The van der Waals surface area contributed by atoms with Crippen LogP contribution in [0.5, 0.6) is 0 Å². The summed E-state index contributed by atoms with van der Waals surface area (Å²) in [6, 6.07) is 0. The van der Waals surface area contributed by atoms with Crippen molar-refractivity contribution in [2.45, 2.75) is 0 Å². The molecule has 0 atom stereocenters. The molecule has 0 saturated heterocycles. The Bertz CT molecular complexity index is 297. The number of aromatic nitrogens is 2. The van der Waals surface area contributed by atoms with E-state index >= 15 is 0 Å². The van der Waals surface area contributed by atoms with Crippen LogP contribution in [-0.2, 0) is 0 Å². The maximum absolute atomic E-state index is 5.48. The zero-order chi connectivity index (χ0) is 9.14. The molecule has 0 amide bonds. The molecular weight excluding hydrogens is 172 g/mol. The van der Waals surface area contributed by atoms with Crippen molar-refractivity contribution < 1.29 is 0 Å². The Morgan fingerprint density at radius 2 is 2.25 bits per heavy atom. The van der Waals surface area contributed by atoms with Crippen molar-refractivity contribution in [3.05, 3.63) is 18.1 Å². The van der Waals surface area contributed by atoms with E-state index in [0.29, 0.717) is 10.6 Å². The van der Waals surface area contributed by atoms with Gasteiger partial charge in [0.25, 0.3) is 0 Å². The van der Waals surface area contributed by atoms with Crippen LogP contribution < -0.4 is 10.6 Å². The van der Waals surface area contributed by atoms with Crippen LogP contribution in [0.25, 0.3) is 0 Å². The summed E-state index contributed by atoms with van der Waals surface area (Å²) in [4.78, 5) is 10.1. The number of anilines is 1. The third-order valence-corrected chi connectivity index (χ3v) is 1.60. The summed E-state index contributed by atoms with van der Waals surface area (Å²) < 4.78 is 0. The number of thiocarbonyl (C=S) groups is 1. The fourth-order valence-corrected chi connectivity index (χ4v) is 0.997. The number of nitrogens with two attached hydrogens (primary N) is 1. The first-order chi connectivity index (χ1) is 5.63. The van der Waals surface area contributed by atoms with Gasteiger partial charge in [0.1, 0.15) is 17.1 Å². The summed E-state index contributed by atoms with van der Waals surface area (Å²) in [5.74, 6) is 0.748. The lowest BCUT2D eigenvalue weighted by atomic mass is 10.3. The van der Waals surface area contributed by atoms with E-state index in [-0.39, 0.29) is 0 Å². The predicted octanol–water partition coefficient (Wildman–Crippen LogP) is 0.177. The van der Waals surface area contributed by atoms with Crippen molar-refractivity contribution in [3.8, 4) is 0 Å². The number of rotatable bonds is 2. The van der Waals surface area contributed by atoms with Crippen LogP contribution in [0, 0.1) is 0 Å². The molecule has 5 heteroatoms. The number of hydrogen-bond donors (Lipinski definition) is 1. The fraction of sp³-hybridized carbons (Fsp3) is 0.286. The molecule has 2 N–H and O–H groups in total. The summed E-state index contributed by atoms with van der Waals surface area (Å²) in [6.07, 6.45) is 3.09. The van der Waals surface area contributed by atoms with Gasteiger partial charge in [-0.3, -0.25) is 0 Å². The lowest BCUT2D eigenvalue weighted by Crippen LogP contribution is -2.19. The van der Waals surface area contributed by atoms with Crippen molar-refractivity contribution in [1.29, 1.82) is 0 Å². The molecule has 0 fully saturated rings. The van der Waals surface area contributed by atoms with E-state index in [9.17, 15) is 0 Å². The van der Waals surface area contributed by atoms with E-state index in [1.807, 2.05) is 19.0 Å². The highest BCUT2D eigenvalue weighted by molar-refractivity contribution is 7.80. The molecule has 4 nitrogen and oxygen atoms in total. The smallest absolute Gasteiger partial charge is 0.141 e. The van der Waals surface area contributed by atoms with Crippen molar-refractivity contribution in [3.63, 3.8) is 0 Å². The Morgan fingerprint density at radius 1 is 1.58 bits per heavy atom. The van der Waals surface area contributed by atoms with Gasteiger partial charge in [0.2, 0.25) is 0 Å². The SMILES string of the molecule is CN(C)c1ncncc1C(N)=S. The zero-order valence-electron chi connectivity index (χ0n) is 6.98. The van der Waals surface area contributed by atoms with Crippen LogP contribution in [0.4, 0.5) is 5.82 Å². The van der Waals surface area contributed by atoms with E-state index in [4.69, 9.17) is 18.0 Å². The summed E-state index contributed by atoms with van der Waals surface area (Å²) in [7, 11) is 3.76. The van der Waals surface area contributed by atoms with Gasteiger partial charge in [0.15, 0.2) is 0 Å². The predicted molar refractivity (Wildman–Crippen MR) is 52.2 cm³/mol. The molecule has 0 saturated carbocycles. The summed E-state index contributed by atoms with van der Waals surface area (Å²) >= 11 is 4.84. The lowest BCUT2D eigenvalue weighted by Gasteiger charge is -2.13. The summed E-state index contributed by atoms with van der Waals surface area (Å²) in [6.45, 7) is 0. The topological polar surface area (TPSA) is 55.0 Å². The molecule has 0 unspecified atom stereocenters. The minimum atomic E-state index is 0.319. The van der Waals surface area contributed by atoms with Gasteiger partial charge in [0.05, 0.1) is 5.56 Å². The summed E-state index contributed by atoms with van der Waals surface area (Å²) in [5, 5.41) is 0. The molecule has 0 aromatic carbocycles. The Morgan fingerprint density at radius 3 is 2.67 bits per heavy atom. The molecule has 12 heavy (non-hydrogen) atoms. The summed E-state index contributed by atoms with van der Waals surface area (Å²) in [5.41, 5.74) is 6.18. The lowest BCUT2D eigenvalue weighted by molar-refractivity contribution is 1.03.